The second kappa shape index (κ2) is 14.6. The van der Waals surface area contributed by atoms with Crippen LogP contribution < -0.4 is 10.6 Å². The van der Waals surface area contributed by atoms with E-state index in [1.54, 1.807) is 28.4 Å². The number of nitrogens with zero attached hydrogens (tertiary/aromatic N) is 3. The van der Waals surface area contributed by atoms with E-state index in [-0.39, 0.29) is 23.4 Å². The van der Waals surface area contributed by atoms with Gasteiger partial charge in [0.25, 0.3) is 0 Å². The van der Waals surface area contributed by atoms with Gasteiger partial charge in [-0.2, -0.15) is 4.31 Å². The molecule has 0 radical (unpaired) electrons. The topological polar surface area (TPSA) is 124 Å². The van der Waals surface area contributed by atoms with Crippen molar-refractivity contribution in [1.29, 1.82) is 0 Å². The Labute approximate surface area is 254 Å². The minimum Gasteiger partial charge on any atom is -0.481 e. The molecule has 2 heterocycles. The maximum absolute atomic E-state index is 13.9. The first kappa shape index (κ1) is 32.1. The molecule has 1 unspecified atom stereocenters. The molecule has 1 saturated carbocycles. The number of rotatable bonds is 6. The number of urea groups is 1. The predicted octanol–water partition coefficient (Wildman–Crippen LogP) is 6.02. The fourth-order valence-corrected chi connectivity index (χ4v) is 8.17. The molecule has 9 nitrogen and oxygen atoms in total. The van der Waals surface area contributed by atoms with Crippen molar-refractivity contribution >= 4 is 45.0 Å². The number of amides is 2. The number of carboxylic acids is 1. The van der Waals surface area contributed by atoms with Gasteiger partial charge in [0.2, 0.25) is 10.0 Å². The average molecular weight is 619 g/mol. The number of fused-ring (bicyclic) bond motifs is 1. The number of carbonyl (C=O) groups excluding carboxylic acids is 1. The van der Waals surface area contributed by atoms with Gasteiger partial charge in [-0.15, -0.1) is 0 Å². The van der Waals surface area contributed by atoms with Crippen LogP contribution in [0.3, 0.4) is 0 Å². The summed E-state index contributed by atoms with van der Waals surface area (Å²) in [6.07, 6.45) is 9.83. The average Bonchev–Trinajstić information content (AvgIpc) is 3.07. The third-order valence-corrected chi connectivity index (χ3v) is 10.9. The summed E-state index contributed by atoms with van der Waals surface area (Å²) in [7, 11) is -2.06. The molecule has 1 aliphatic carbocycles. The van der Waals surface area contributed by atoms with E-state index in [0.29, 0.717) is 41.6 Å². The molecule has 1 saturated heterocycles. The largest absolute Gasteiger partial charge is 0.481 e. The molecule has 1 atom stereocenters. The number of anilines is 2. The van der Waals surface area contributed by atoms with Crippen LogP contribution in [0, 0.1) is 5.92 Å². The molecule has 2 aliphatic heterocycles. The van der Waals surface area contributed by atoms with E-state index in [9.17, 15) is 18.0 Å². The molecule has 2 aromatic carbocycles. The van der Waals surface area contributed by atoms with Crippen LogP contribution in [0.25, 0.3) is 0 Å². The quantitative estimate of drug-likeness (QED) is 0.408. The number of sulfonamides is 1. The molecule has 2 aromatic rings. The summed E-state index contributed by atoms with van der Waals surface area (Å²) >= 11 is 6.61. The number of likely N-dealkylation sites (N-methyl/N-ethyl adjacent to an activating group) is 1. The van der Waals surface area contributed by atoms with E-state index in [0.717, 1.165) is 57.3 Å². The number of hydrogen-bond donors (Lipinski definition) is 2. The smallest absolute Gasteiger partial charge is 0.314 e. The van der Waals surface area contributed by atoms with Gasteiger partial charge in [-0.25, -0.2) is 13.2 Å². The van der Waals surface area contributed by atoms with Crippen molar-refractivity contribution in [3.8, 4) is 0 Å². The Bertz CT molecular complexity index is 1330. The monoisotopic (exact) mass is 618 g/mol. The summed E-state index contributed by atoms with van der Waals surface area (Å²) in [4.78, 5) is 25.5. The minimum atomic E-state index is -3.76. The predicted molar refractivity (Wildman–Crippen MR) is 166 cm³/mol. The highest BCUT2D eigenvalue weighted by molar-refractivity contribution is 7.89. The number of para-hydroxylation sites is 1. The summed E-state index contributed by atoms with van der Waals surface area (Å²) in [5.41, 5.74) is 7.23. The molecule has 11 heteroatoms. The Morgan fingerprint density at radius 1 is 1.00 bits per heavy atom. The number of halogens is 1. The lowest BCUT2D eigenvalue weighted by Gasteiger charge is -2.36. The molecule has 3 N–H and O–H groups in total. The van der Waals surface area contributed by atoms with Crippen molar-refractivity contribution in [2.45, 2.75) is 81.6 Å². The van der Waals surface area contributed by atoms with Crippen molar-refractivity contribution in [3.63, 3.8) is 0 Å². The zero-order valence-electron chi connectivity index (χ0n) is 24.4. The molecule has 2 fully saturated rings. The molecule has 0 aromatic heterocycles. The van der Waals surface area contributed by atoms with Crippen LogP contribution in [0.15, 0.2) is 47.4 Å². The fraction of sp³-hybridized carbons (Fsp3) is 0.548. The highest BCUT2D eigenvalue weighted by Gasteiger charge is 2.41. The third kappa shape index (κ3) is 7.76. The second-order valence-electron chi connectivity index (χ2n) is 11.5. The van der Waals surface area contributed by atoms with Crippen LogP contribution in [0.1, 0.15) is 69.8 Å². The SMILES string of the molecule is CN1C(C2CCCCC2)CN(c2ccccc2)c2cc(Cl)c(CCCC(=O)O)cc2S1(=O)=O.NC(=O)N1CCCCC1. The molecular formula is C31H43ClN4O5S. The zero-order chi connectivity index (χ0) is 30.3. The van der Waals surface area contributed by atoms with E-state index in [2.05, 4.69) is 4.90 Å². The van der Waals surface area contributed by atoms with Crippen molar-refractivity contribution in [2.75, 3.05) is 31.6 Å². The standard InChI is InChI=1S/C25H31ClN2O4S.C6H12N2O/c1-27-23(18-9-4-2-5-10-18)17-28(20-12-6-3-7-13-20)22-16-21(26)19(11-8-14-25(29)30)15-24(22)33(27,31)32;7-6(9)8-4-2-1-3-5-8/h3,6-7,12-13,15-16,18,23H,2,4-5,8-11,14,17H2,1H3,(H,29,30);1-5H2,(H2,7,9). The number of benzene rings is 2. The lowest BCUT2D eigenvalue weighted by Crippen LogP contribution is -2.46. The summed E-state index contributed by atoms with van der Waals surface area (Å²) in [6.45, 7) is 2.27. The van der Waals surface area contributed by atoms with E-state index >= 15 is 0 Å². The van der Waals surface area contributed by atoms with E-state index < -0.39 is 16.0 Å². The van der Waals surface area contributed by atoms with Crippen LogP contribution >= 0.6 is 11.6 Å². The van der Waals surface area contributed by atoms with Crippen LogP contribution in [0.5, 0.6) is 0 Å². The summed E-state index contributed by atoms with van der Waals surface area (Å²) < 4.78 is 29.3. The first-order chi connectivity index (χ1) is 20.1. The molecule has 42 heavy (non-hydrogen) atoms. The second-order valence-corrected chi connectivity index (χ2v) is 13.9. The number of aryl methyl sites for hydroxylation is 1. The van der Waals surface area contributed by atoms with Gasteiger partial charge in [0.1, 0.15) is 4.90 Å². The first-order valence-corrected chi connectivity index (χ1v) is 16.8. The zero-order valence-corrected chi connectivity index (χ0v) is 26.0. The van der Waals surface area contributed by atoms with E-state index in [1.807, 2.05) is 30.3 Å². The van der Waals surface area contributed by atoms with Crippen molar-refractivity contribution in [3.05, 3.63) is 53.1 Å². The van der Waals surface area contributed by atoms with Gasteiger partial charge >= 0.3 is 12.0 Å². The van der Waals surface area contributed by atoms with E-state index in [1.165, 1.54) is 12.8 Å². The normalized spacial score (nSPS) is 21.0. The third-order valence-electron chi connectivity index (χ3n) is 8.68. The molecule has 2 amide bonds. The van der Waals surface area contributed by atoms with Crippen molar-refractivity contribution < 1.29 is 23.1 Å². The summed E-state index contributed by atoms with van der Waals surface area (Å²) in [5.74, 6) is -0.566. The van der Waals surface area contributed by atoms with Crippen LogP contribution in [-0.4, -0.2) is 67.5 Å². The van der Waals surface area contributed by atoms with E-state index in [4.69, 9.17) is 22.4 Å². The molecule has 5 rings (SSSR count). The minimum absolute atomic E-state index is 0.0139. The number of carboxylic acid groups (broad SMARTS) is 1. The Morgan fingerprint density at radius 3 is 2.24 bits per heavy atom. The molecule has 0 bridgehead atoms. The molecule has 0 spiro atoms. The lowest BCUT2D eigenvalue weighted by molar-refractivity contribution is -0.137. The molecule has 3 aliphatic rings. The summed E-state index contributed by atoms with van der Waals surface area (Å²) in [6, 6.07) is 12.8. The number of aliphatic carboxylic acids is 1. The fourth-order valence-electron chi connectivity index (χ4n) is 6.29. The summed E-state index contributed by atoms with van der Waals surface area (Å²) in [5, 5.41) is 9.45. The van der Waals surface area contributed by atoms with Crippen molar-refractivity contribution in [1.82, 2.24) is 9.21 Å². The Kier molecular flexibility index (Phi) is 11.1. The maximum Gasteiger partial charge on any atom is 0.314 e. The number of piperidine rings is 1. The number of hydrogen-bond acceptors (Lipinski definition) is 5. The van der Waals surface area contributed by atoms with Gasteiger partial charge < -0.3 is 20.6 Å². The van der Waals surface area contributed by atoms with Gasteiger partial charge in [0, 0.05) is 49.9 Å². The number of nitrogens with two attached hydrogens (primary N) is 1. The Morgan fingerprint density at radius 2 is 1.64 bits per heavy atom. The Balaban J connectivity index is 0.000000385. The van der Waals surface area contributed by atoms with Crippen molar-refractivity contribution in [2.24, 2.45) is 11.7 Å². The lowest BCUT2D eigenvalue weighted by atomic mass is 9.83. The number of likely N-dealkylation sites (tertiary alicyclic amines) is 1. The highest BCUT2D eigenvalue weighted by atomic mass is 35.5. The van der Waals surface area contributed by atoms with Gasteiger partial charge in [-0.05, 0) is 80.7 Å². The maximum atomic E-state index is 13.9. The first-order valence-electron chi connectivity index (χ1n) is 15.0. The highest BCUT2D eigenvalue weighted by Crippen LogP contribution is 2.42. The van der Waals surface area contributed by atoms with Gasteiger partial charge in [-0.3, -0.25) is 4.79 Å². The van der Waals surface area contributed by atoms with Gasteiger partial charge in [-0.1, -0.05) is 49.1 Å². The Hall–Kier alpha value is -2.82. The van der Waals surface area contributed by atoms with Crippen LogP contribution in [0.2, 0.25) is 5.02 Å². The van der Waals surface area contributed by atoms with Crippen LogP contribution in [0.4, 0.5) is 16.2 Å². The van der Waals surface area contributed by atoms with Gasteiger partial charge in [0.15, 0.2) is 0 Å². The number of primary amides is 1. The van der Waals surface area contributed by atoms with Gasteiger partial charge in [0.05, 0.1) is 5.69 Å². The molecule has 230 valence electrons. The van der Waals surface area contributed by atoms with Crippen LogP contribution in [-0.2, 0) is 21.2 Å². The number of carbonyl (C=O) groups is 2. The molecular weight excluding hydrogens is 576 g/mol.